The van der Waals surface area contributed by atoms with Crippen molar-refractivity contribution < 1.29 is 14.3 Å². The summed E-state index contributed by atoms with van der Waals surface area (Å²) in [5.74, 6) is 1.41. The minimum absolute atomic E-state index is 0.0751. The predicted molar refractivity (Wildman–Crippen MR) is 154 cm³/mol. The van der Waals surface area contributed by atoms with E-state index in [0.717, 1.165) is 42.5 Å². The maximum atomic E-state index is 14.0. The van der Waals surface area contributed by atoms with E-state index < -0.39 is 0 Å². The van der Waals surface area contributed by atoms with Crippen LogP contribution in [-0.2, 0) is 22.6 Å². The van der Waals surface area contributed by atoms with Crippen LogP contribution in [0, 0.1) is 0 Å². The lowest BCUT2D eigenvalue weighted by Gasteiger charge is -2.42. The molecule has 2 amide bonds. The van der Waals surface area contributed by atoms with Crippen molar-refractivity contribution in [2.24, 2.45) is 0 Å². The van der Waals surface area contributed by atoms with Crippen LogP contribution in [0.5, 0.6) is 5.75 Å². The van der Waals surface area contributed by atoms with Crippen molar-refractivity contribution >= 4 is 34.4 Å². The van der Waals surface area contributed by atoms with Crippen LogP contribution in [0.1, 0.15) is 70.0 Å². The van der Waals surface area contributed by atoms with Crippen molar-refractivity contribution in [2.45, 2.75) is 89.3 Å². The maximum absolute atomic E-state index is 14.0. The van der Waals surface area contributed by atoms with E-state index in [1.54, 1.807) is 24.3 Å². The molecule has 39 heavy (non-hydrogen) atoms. The van der Waals surface area contributed by atoms with Crippen LogP contribution >= 0.6 is 11.6 Å². The van der Waals surface area contributed by atoms with Gasteiger partial charge in [0.25, 0.3) is 5.91 Å². The number of nitrogens with zero attached hydrogens (tertiary/aromatic N) is 3. The quantitative estimate of drug-likeness (QED) is 0.340. The molecule has 0 aliphatic heterocycles. The molecule has 3 aromatic rings. The van der Waals surface area contributed by atoms with E-state index in [-0.39, 0.29) is 25.0 Å². The Hall–Kier alpha value is -3.06. The Kier molecular flexibility index (Phi) is 9.40. The molecule has 0 spiro atoms. The van der Waals surface area contributed by atoms with Crippen LogP contribution in [0.3, 0.4) is 0 Å². The van der Waals surface area contributed by atoms with Gasteiger partial charge in [0.15, 0.2) is 6.61 Å². The molecule has 1 N–H and O–H groups in total. The van der Waals surface area contributed by atoms with Crippen LogP contribution in [0.25, 0.3) is 11.0 Å². The van der Waals surface area contributed by atoms with Crippen molar-refractivity contribution in [1.82, 2.24) is 19.8 Å². The number of amides is 2. The first-order valence-electron chi connectivity index (χ1n) is 14.5. The average molecular weight is 551 g/mol. The Morgan fingerprint density at radius 2 is 1.56 bits per heavy atom. The molecule has 2 fully saturated rings. The van der Waals surface area contributed by atoms with Crippen molar-refractivity contribution in [3.05, 3.63) is 59.4 Å². The molecule has 0 atom stereocenters. The number of hydrogen-bond donors (Lipinski definition) is 1. The zero-order valence-corrected chi connectivity index (χ0v) is 23.4. The van der Waals surface area contributed by atoms with Crippen LogP contribution in [0.4, 0.5) is 0 Å². The number of aromatic nitrogens is 2. The molecule has 2 saturated carbocycles. The summed E-state index contributed by atoms with van der Waals surface area (Å²) < 4.78 is 7.61. The van der Waals surface area contributed by atoms with E-state index in [0.29, 0.717) is 35.8 Å². The number of hydrogen-bond acceptors (Lipinski definition) is 4. The van der Waals surface area contributed by atoms with Gasteiger partial charge in [-0.15, -0.1) is 0 Å². The molecule has 5 rings (SSSR count). The molecular weight excluding hydrogens is 512 g/mol. The summed E-state index contributed by atoms with van der Waals surface area (Å²) >= 11 is 5.90. The first-order chi connectivity index (χ1) is 19.1. The lowest BCUT2D eigenvalue weighted by Crippen LogP contribution is -2.50. The number of carbonyl (C=O) groups is 2. The molecule has 7 nitrogen and oxygen atoms in total. The van der Waals surface area contributed by atoms with E-state index in [9.17, 15) is 9.59 Å². The number of ether oxygens (including phenoxy) is 1. The molecule has 1 aromatic heterocycles. The summed E-state index contributed by atoms with van der Waals surface area (Å²) in [5.41, 5.74) is 1.84. The fourth-order valence-corrected chi connectivity index (χ4v) is 6.30. The number of rotatable bonds is 10. The molecule has 2 aliphatic rings. The highest BCUT2D eigenvalue weighted by atomic mass is 35.5. The second kappa shape index (κ2) is 13.3. The monoisotopic (exact) mass is 550 g/mol. The molecular formula is C31H39ClN4O3. The van der Waals surface area contributed by atoms with Crippen LogP contribution < -0.4 is 10.1 Å². The van der Waals surface area contributed by atoms with Gasteiger partial charge in [-0.3, -0.25) is 9.59 Å². The normalized spacial score (nSPS) is 16.7. The van der Waals surface area contributed by atoms with E-state index in [4.69, 9.17) is 21.3 Å². The number of halogens is 1. The maximum Gasteiger partial charge on any atom is 0.257 e. The largest absolute Gasteiger partial charge is 0.484 e. The highest BCUT2D eigenvalue weighted by molar-refractivity contribution is 6.30. The lowest BCUT2D eigenvalue weighted by atomic mass is 9.88. The fourth-order valence-electron chi connectivity index (χ4n) is 6.18. The number of fused-ring (bicyclic) bond motifs is 1. The van der Waals surface area contributed by atoms with Gasteiger partial charge in [0.05, 0.1) is 11.0 Å². The van der Waals surface area contributed by atoms with Crippen molar-refractivity contribution in [3.8, 4) is 5.75 Å². The number of carbonyl (C=O) groups excluding carboxylic acids is 2. The van der Waals surface area contributed by atoms with E-state index in [2.05, 4.69) is 14.8 Å². The fraction of sp³-hybridized carbons (Fsp3) is 0.516. The van der Waals surface area contributed by atoms with Gasteiger partial charge in [0.1, 0.15) is 18.1 Å². The zero-order valence-electron chi connectivity index (χ0n) is 22.6. The van der Waals surface area contributed by atoms with Gasteiger partial charge in [-0.1, -0.05) is 62.3 Å². The molecule has 8 heteroatoms. The Balaban J connectivity index is 1.25. The predicted octanol–water partition coefficient (Wildman–Crippen LogP) is 5.92. The average Bonchev–Trinajstić information content (AvgIpc) is 3.31. The van der Waals surface area contributed by atoms with Gasteiger partial charge >= 0.3 is 0 Å². The highest BCUT2D eigenvalue weighted by Gasteiger charge is 2.33. The van der Waals surface area contributed by atoms with Crippen LogP contribution in [0.2, 0.25) is 5.02 Å². The third-order valence-corrected chi connectivity index (χ3v) is 8.36. The smallest absolute Gasteiger partial charge is 0.257 e. The van der Waals surface area contributed by atoms with Crippen LogP contribution in [0.15, 0.2) is 48.5 Å². The topological polar surface area (TPSA) is 76.5 Å². The van der Waals surface area contributed by atoms with Gasteiger partial charge in [-0.2, -0.15) is 0 Å². The Morgan fingerprint density at radius 1 is 0.923 bits per heavy atom. The summed E-state index contributed by atoms with van der Waals surface area (Å²) in [4.78, 5) is 33.5. The Bertz CT molecular complexity index is 1230. The third kappa shape index (κ3) is 7.13. The lowest BCUT2D eigenvalue weighted by molar-refractivity contribution is -0.138. The summed E-state index contributed by atoms with van der Waals surface area (Å²) in [5, 5.41) is 3.54. The first kappa shape index (κ1) is 27.5. The van der Waals surface area contributed by atoms with Crippen molar-refractivity contribution in [1.29, 1.82) is 0 Å². The summed E-state index contributed by atoms with van der Waals surface area (Å²) in [6.07, 6.45) is 12.4. The molecule has 2 aromatic carbocycles. The minimum atomic E-state index is -0.204. The Morgan fingerprint density at radius 3 is 2.23 bits per heavy atom. The van der Waals surface area contributed by atoms with E-state index in [1.165, 1.54) is 38.5 Å². The number of nitrogens with one attached hydrogen (secondary N) is 1. The van der Waals surface area contributed by atoms with E-state index >= 15 is 0 Å². The van der Waals surface area contributed by atoms with E-state index in [1.807, 2.05) is 24.3 Å². The second-order valence-electron chi connectivity index (χ2n) is 10.8. The summed E-state index contributed by atoms with van der Waals surface area (Å²) in [6.45, 7) is 0.625. The minimum Gasteiger partial charge on any atom is -0.484 e. The summed E-state index contributed by atoms with van der Waals surface area (Å²) in [6, 6.07) is 15.6. The number of benzene rings is 2. The zero-order chi connectivity index (χ0) is 27.0. The Labute approximate surface area is 235 Å². The molecule has 2 aliphatic carbocycles. The molecule has 0 bridgehead atoms. The van der Waals surface area contributed by atoms with Crippen LogP contribution in [-0.4, -0.2) is 51.5 Å². The highest BCUT2D eigenvalue weighted by Crippen LogP contribution is 2.31. The molecule has 1 heterocycles. The number of para-hydroxylation sites is 2. The molecule has 208 valence electrons. The molecule has 0 saturated heterocycles. The van der Waals surface area contributed by atoms with Crippen molar-refractivity contribution in [2.75, 3.05) is 13.2 Å². The molecule has 0 unspecified atom stereocenters. The summed E-state index contributed by atoms with van der Waals surface area (Å²) in [7, 11) is 0. The van der Waals surface area contributed by atoms with Gasteiger partial charge in [0, 0.05) is 30.1 Å². The SMILES string of the molecule is O=C(COc1ccc(Cl)cc1)NCCc1nc2ccccc2n1CC(=O)N(C1CCCCC1)C1CCCCC1. The van der Waals surface area contributed by atoms with Gasteiger partial charge < -0.3 is 19.5 Å². The standard InChI is InChI=1S/C31H39ClN4O3/c32-23-15-17-26(18-16-23)39-22-30(37)33-20-19-29-34-27-13-7-8-14-28(27)35(29)21-31(38)36(24-9-3-1-4-10-24)25-11-5-2-6-12-25/h7-8,13-18,24-25H,1-6,9-12,19-22H2,(H,33,37). The number of imidazole rings is 1. The van der Waals surface area contributed by atoms with Gasteiger partial charge in [-0.05, 0) is 62.1 Å². The van der Waals surface area contributed by atoms with Crippen molar-refractivity contribution in [3.63, 3.8) is 0 Å². The van der Waals surface area contributed by atoms with Gasteiger partial charge in [-0.25, -0.2) is 4.98 Å². The molecule has 0 radical (unpaired) electrons. The third-order valence-electron chi connectivity index (χ3n) is 8.11. The first-order valence-corrected chi connectivity index (χ1v) is 14.9. The second-order valence-corrected chi connectivity index (χ2v) is 11.3. The van der Waals surface area contributed by atoms with Gasteiger partial charge in [0.2, 0.25) is 5.91 Å².